The average molecular weight is 457 g/mol. The van der Waals surface area contributed by atoms with E-state index < -0.39 is 17.6 Å². The number of fused-ring (bicyclic) bond motifs is 1. The number of aromatic nitrogens is 4. The number of aryl methyl sites for hydroxylation is 2. The SMILES string of the molecule is Cc1ccc(Sc2ncccc2C(=O)NCc2nnc3ccc(C(F)(F)F)cn23)cc1C. The third-order valence-corrected chi connectivity index (χ3v) is 5.92. The Kier molecular flexibility index (Phi) is 5.88. The summed E-state index contributed by atoms with van der Waals surface area (Å²) in [6, 6.07) is 11.5. The van der Waals surface area contributed by atoms with Crippen LogP contribution < -0.4 is 5.32 Å². The fourth-order valence-electron chi connectivity index (χ4n) is 3.02. The summed E-state index contributed by atoms with van der Waals surface area (Å²) in [6.07, 6.45) is -1.97. The minimum Gasteiger partial charge on any atom is -0.345 e. The van der Waals surface area contributed by atoms with Gasteiger partial charge in [0, 0.05) is 17.3 Å². The van der Waals surface area contributed by atoms with Gasteiger partial charge in [0.25, 0.3) is 5.91 Å². The molecule has 164 valence electrons. The standard InChI is InChI=1S/C22H18F3N5OS/c1-13-5-7-16(10-14(13)2)32-21-17(4-3-9-26-21)20(31)27-11-19-29-28-18-8-6-15(12-30(18)19)22(23,24)25/h3-10,12H,11H2,1-2H3,(H,27,31). The first-order chi connectivity index (χ1) is 15.2. The highest BCUT2D eigenvalue weighted by atomic mass is 32.2. The van der Waals surface area contributed by atoms with Crippen LogP contribution in [0, 0.1) is 13.8 Å². The Morgan fingerprint density at radius 3 is 2.66 bits per heavy atom. The number of hydrogen-bond donors (Lipinski definition) is 1. The topological polar surface area (TPSA) is 72.2 Å². The molecule has 32 heavy (non-hydrogen) atoms. The normalized spacial score (nSPS) is 11.7. The first-order valence-corrected chi connectivity index (χ1v) is 10.4. The lowest BCUT2D eigenvalue weighted by atomic mass is 10.1. The molecule has 0 aliphatic carbocycles. The van der Waals surface area contributed by atoms with Crippen LogP contribution in [0.5, 0.6) is 0 Å². The number of halogens is 3. The van der Waals surface area contributed by atoms with Crippen LogP contribution in [0.3, 0.4) is 0 Å². The van der Waals surface area contributed by atoms with Gasteiger partial charge in [-0.05, 0) is 61.4 Å². The van der Waals surface area contributed by atoms with Crippen LogP contribution in [-0.2, 0) is 12.7 Å². The maximum absolute atomic E-state index is 13.0. The molecule has 0 spiro atoms. The summed E-state index contributed by atoms with van der Waals surface area (Å²) in [6.45, 7) is 3.94. The Labute approximate surface area is 185 Å². The monoisotopic (exact) mass is 457 g/mol. The minimum absolute atomic E-state index is 0.0933. The summed E-state index contributed by atoms with van der Waals surface area (Å²) >= 11 is 1.37. The Hall–Kier alpha value is -3.40. The summed E-state index contributed by atoms with van der Waals surface area (Å²) in [5.41, 5.74) is 2.10. The van der Waals surface area contributed by atoms with Crippen molar-refractivity contribution in [2.24, 2.45) is 0 Å². The first kappa shape index (κ1) is 21.8. The van der Waals surface area contributed by atoms with E-state index >= 15 is 0 Å². The van der Waals surface area contributed by atoms with Crippen molar-refractivity contribution in [3.8, 4) is 0 Å². The Bertz CT molecular complexity index is 1300. The summed E-state index contributed by atoms with van der Waals surface area (Å²) in [7, 11) is 0. The van der Waals surface area contributed by atoms with E-state index in [4.69, 9.17) is 0 Å². The van der Waals surface area contributed by atoms with E-state index in [2.05, 4.69) is 20.5 Å². The van der Waals surface area contributed by atoms with Gasteiger partial charge in [-0.25, -0.2) is 4.98 Å². The van der Waals surface area contributed by atoms with Gasteiger partial charge in [-0.1, -0.05) is 17.8 Å². The molecule has 0 atom stereocenters. The van der Waals surface area contributed by atoms with Gasteiger partial charge in [0.05, 0.1) is 17.7 Å². The van der Waals surface area contributed by atoms with Crippen LogP contribution in [-0.4, -0.2) is 25.5 Å². The zero-order valence-corrected chi connectivity index (χ0v) is 18.0. The number of hydrogen-bond acceptors (Lipinski definition) is 5. The van der Waals surface area contributed by atoms with Crippen molar-refractivity contribution in [2.45, 2.75) is 36.5 Å². The number of carbonyl (C=O) groups excluding carboxylic acids is 1. The van der Waals surface area contributed by atoms with Gasteiger partial charge in [0.1, 0.15) is 5.03 Å². The van der Waals surface area contributed by atoms with Crippen molar-refractivity contribution >= 4 is 23.3 Å². The van der Waals surface area contributed by atoms with Gasteiger partial charge in [-0.3, -0.25) is 9.20 Å². The zero-order valence-electron chi connectivity index (χ0n) is 17.1. The molecule has 0 fully saturated rings. The fourth-order valence-corrected chi connectivity index (χ4v) is 3.99. The Morgan fingerprint density at radius 2 is 1.91 bits per heavy atom. The van der Waals surface area contributed by atoms with Crippen molar-refractivity contribution < 1.29 is 18.0 Å². The molecule has 0 saturated heterocycles. The molecule has 0 saturated carbocycles. The highest BCUT2D eigenvalue weighted by Gasteiger charge is 2.31. The molecule has 3 aromatic heterocycles. The molecule has 1 amide bonds. The highest BCUT2D eigenvalue weighted by Crippen LogP contribution is 2.30. The van der Waals surface area contributed by atoms with E-state index in [1.165, 1.54) is 27.8 Å². The summed E-state index contributed by atoms with van der Waals surface area (Å²) < 4.78 is 40.3. The number of rotatable bonds is 5. The number of pyridine rings is 2. The zero-order chi connectivity index (χ0) is 22.9. The Balaban J connectivity index is 1.53. The number of amides is 1. The highest BCUT2D eigenvalue weighted by molar-refractivity contribution is 7.99. The third kappa shape index (κ3) is 4.59. The van der Waals surface area contributed by atoms with Gasteiger partial charge in [0.2, 0.25) is 0 Å². The maximum atomic E-state index is 13.0. The lowest BCUT2D eigenvalue weighted by molar-refractivity contribution is -0.137. The molecule has 1 N–H and O–H groups in total. The fraction of sp³-hybridized carbons (Fsp3) is 0.182. The molecule has 0 radical (unpaired) electrons. The molecule has 0 aliphatic heterocycles. The molecule has 1 aromatic carbocycles. The second-order valence-electron chi connectivity index (χ2n) is 7.15. The van der Waals surface area contributed by atoms with Gasteiger partial charge in [-0.2, -0.15) is 13.2 Å². The second-order valence-corrected chi connectivity index (χ2v) is 8.21. The third-order valence-electron chi connectivity index (χ3n) is 4.92. The second kappa shape index (κ2) is 8.62. The van der Waals surface area contributed by atoms with Gasteiger partial charge < -0.3 is 5.32 Å². The van der Waals surface area contributed by atoms with Crippen molar-refractivity contribution in [3.63, 3.8) is 0 Å². The van der Waals surface area contributed by atoms with Crippen molar-refractivity contribution in [1.82, 2.24) is 24.9 Å². The van der Waals surface area contributed by atoms with Crippen LogP contribution in [0.25, 0.3) is 5.65 Å². The summed E-state index contributed by atoms with van der Waals surface area (Å²) in [5.74, 6) is -0.222. The first-order valence-electron chi connectivity index (χ1n) is 9.61. The van der Waals surface area contributed by atoms with E-state index in [-0.39, 0.29) is 18.0 Å². The van der Waals surface area contributed by atoms with Crippen molar-refractivity contribution in [3.05, 3.63) is 82.9 Å². The largest absolute Gasteiger partial charge is 0.417 e. The lowest BCUT2D eigenvalue weighted by Gasteiger charge is -2.10. The molecular weight excluding hydrogens is 439 g/mol. The van der Waals surface area contributed by atoms with E-state index in [9.17, 15) is 18.0 Å². The van der Waals surface area contributed by atoms with Gasteiger partial charge in [-0.15, -0.1) is 10.2 Å². The quantitative estimate of drug-likeness (QED) is 0.464. The number of nitrogens with zero attached hydrogens (tertiary/aromatic N) is 4. The van der Waals surface area contributed by atoms with Gasteiger partial charge in [0.15, 0.2) is 11.5 Å². The van der Waals surface area contributed by atoms with Gasteiger partial charge >= 0.3 is 6.18 Å². The van der Waals surface area contributed by atoms with Crippen molar-refractivity contribution in [1.29, 1.82) is 0 Å². The molecule has 0 aliphatic rings. The number of carbonyl (C=O) groups is 1. The van der Waals surface area contributed by atoms with Crippen LogP contribution in [0.15, 0.2) is 64.8 Å². The maximum Gasteiger partial charge on any atom is 0.417 e. The van der Waals surface area contributed by atoms with E-state index in [0.717, 1.165) is 22.7 Å². The van der Waals surface area contributed by atoms with E-state index in [1.807, 2.05) is 32.0 Å². The summed E-state index contributed by atoms with van der Waals surface area (Å²) in [4.78, 5) is 18.1. The minimum atomic E-state index is -4.49. The van der Waals surface area contributed by atoms with E-state index in [0.29, 0.717) is 10.6 Å². The van der Waals surface area contributed by atoms with Crippen LogP contribution in [0.2, 0.25) is 0 Å². The molecule has 0 bridgehead atoms. The molecule has 4 rings (SSSR count). The molecule has 4 aromatic rings. The smallest absolute Gasteiger partial charge is 0.345 e. The van der Waals surface area contributed by atoms with Crippen LogP contribution in [0.1, 0.15) is 32.9 Å². The Morgan fingerprint density at radius 1 is 1.09 bits per heavy atom. The molecular formula is C22H18F3N5OS. The number of nitrogens with one attached hydrogen (secondary N) is 1. The van der Waals surface area contributed by atoms with Crippen molar-refractivity contribution in [2.75, 3.05) is 0 Å². The lowest BCUT2D eigenvalue weighted by Crippen LogP contribution is -2.25. The predicted molar refractivity (Wildman–Crippen MR) is 113 cm³/mol. The molecule has 0 unspecified atom stereocenters. The average Bonchev–Trinajstić information content (AvgIpc) is 3.17. The van der Waals surface area contributed by atoms with Crippen LogP contribution >= 0.6 is 11.8 Å². The summed E-state index contributed by atoms with van der Waals surface area (Å²) in [5, 5.41) is 11.0. The van der Waals surface area contributed by atoms with Crippen LogP contribution in [0.4, 0.5) is 13.2 Å². The predicted octanol–water partition coefficient (Wildman–Crippen LogP) is 4.84. The molecule has 10 heteroatoms. The molecule has 6 nitrogen and oxygen atoms in total. The number of benzene rings is 1. The van der Waals surface area contributed by atoms with E-state index in [1.54, 1.807) is 18.3 Å². The molecule has 3 heterocycles. The number of alkyl halides is 3.